The summed E-state index contributed by atoms with van der Waals surface area (Å²) in [4.78, 5) is 29.3. The zero-order valence-electron chi connectivity index (χ0n) is 24.7. The van der Waals surface area contributed by atoms with Crippen molar-refractivity contribution >= 4 is 39.1 Å². The van der Waals surface area contributed by atoms with Gasteiger partial charge in [0.25, 0.3) is 10.0 Å². The van der Waals surface area contributed by atoms with Crippen molar-refractivity contribution in [2.45, 2.75) is 44.7 Å². The minimum Gasteiger partial charge on any atom is -0.357 e. The lowest BCUT2D eigenvalue weighted by atomic mass is 10.0. The van der Waals surface area contributed by atoms with Crippen LogP contribution < -0.4 is 9.62 Å². The van der Waals surface area contributed by atoms with Crippen LogP contribution in [0.1, 0.15) is 27.8 Å². The molecule has 0 radical (unpaired) electrons. The molecule has 0 aromatic heterocycles. The Balaban J connectivity index is 1.81. The van der Waals surface area contributed by atoms with Gasteiger partial charge in [0, 0.05) is 25.0 Å². The first-order valence-corrected chi connectivity index (χ1v) is 15.8. The fourth-order valence-electron chi connectivity index (χ4n) is 4.81. The summed E-state index contributed by atoms with van der Waals surface area (Å²) in [6.07, 6.45) is 0.249. The smallest absolute Gasteiger partial charge is 0.264 e. The van der Waals surface area contributed by atoms with Crippen LogP contribution in [-0.4, -0.2) is 44.8 Å². The van der Waals surface area contributed by atoms with E-state index < -0.39 is 28.5 Å². The van der Waals surface area contributed by atoms with Crippen LogP contribution in [0.5, 0.6) is 0 Å². The van der Waals surface area contributed by atoms with Crippen LogP contribution in [0.15, 0.2) is 102 Å². The van der Waals surface area contributed by atoms with Crippen molar-refractivity contribution in [3.63, 3.8) is 0 Å². The van der Waals surface area contributed by atoms with Crippen molar-refractivity contribution in [3.8, 4) is 0 Å². The zero-order valence-corrected chi connectivity index (χ0v) is 26.3. The summed E-state index contributed by atoms with van der Waals surface area (Å²) >= 11 is 6.33. The van der Waals surface area contributed by atoms with Crippen LogP contribution in [-0.2, 0) is 32.6 Å². The second-order valence-corrected chi connectivity index (χ2v) is 12.9. The van der Waals surface area contributed by atoms with Crippen LogP contribution in [0.25, 0.3) is 0 Å². The molecule has 0 bridgehead atoms. The molecule has 9 heteroatoms. The number of likely N-dealkylation sites (N-methyl/N-ethyl adjacent to an activating group) is 1. The minimum absolute atomic E-state index is 0.0440. The van der Waals surface area contributed by atoms with Crippen LogP contribution in [0.3, 0.4) is 0 Å². The van der Waals surface area contributed by atoms with Gasteiger partial charge >= 0.3 is 0 Å². The molecule has 0 fully saturated rings. The van der Waals surface area contributed by atoms with Gasteiger partial charge in [0.15, 0.2) is 0 Å². The molecule has 0 spiro atoms. The van der Waals surface area contributed by atoms with Crippen molar-refractivity contribution in [2.75, 3.05) is 17.9 Å². The molecule has 0 aliphatic rings. The van der Waals surface area contributed by atoms with Crippen LogP contribution in [0.2, 0.25) is 5.02 Å². The number of amides is 2. The van der Waals surface area contributed by atoms with Gasteiger partial charge in [-0.1, -0.05) is 95.5 Å². The molecule has 43 heavy (non-hydrogen) atoms. The monoisotopic (exact) mass is 617 g/mol. The van der Waals surface area contributed by atoms with E-state index >= 15 is 0 Å². The van der Waals surface area contributed by atoms with Gasteiger partial charge in [0.2, 0.25) is 11.8 Å². The van der Waals surface area contributed by atoms with Gasteiger partial charge in [0.05, 0.1) is 10.6 Å². The topological polar surface area (TPSA) is 86.8 Å². The summed E-state index contributed by atoms with van der Waals surface area (Å²) in [5.41, 5.74) is 4.56. The molecule has 0 saturated carbocycles. The van der Waals surface area contributed by atoms with Crippen LogP contribution in [0, 0.1) is 20.8 Å². The molecule has 2 amide bonds. The lowest BCUT2D eigenvalue weighted by molar-refractivity contribution is -0.139. The van der Waals surface area contributed by atoms with Gasteiger partial charge < -0.3 is 10.2 Å². The summed E-state index contributed by atoms with van der Waals surface area (Å²) in [6, 6.07) is 27.6. The molecule has 4 aromatic rings. The maximum Gasteiger partial charge on any atom is 0.264 e. The molecule has 0 aliphatic heterocycles. The molecular weight excluding hydrogens is 582 g/mol. The minimum atomic E-state index is -4.20. The number of nitrogens with zero attached hydrogens (tertiary/aromatic N) is 2. The number of rotatable bonds is 11. The van der Waals surface area contributed by atoms with E-state index in [1.807, 2.05) is 68.4 Å². The van der Waals surface area contributed by atoms with Crippen molar-refractivity contribution in [1.82, 2.24) is 10.2 Å². The summed E-state index contributed by atoms with van der Waals surface area (Å²) in [7, 11) is -2.67. The third kappa shape index (κ3) is 7.83. The van der Waals surface area contributed by atoms with Crippen molar-refractivity contribution in [3.05, 3.63) is 130 Å². The number of hydrogen-bond acceptors (Lipinski definition) is 4. The van der Waals surface area contributed by atoms with E-state index in [4.69, 9.17) is 11.6 Å². The van der Waals surface area contributed by atoms with Crippen molar-refractivity contribution in [1.29, 1.82) is 0 Å². The number of carbonyl (C=O) groups excluding carboxylic acids is 2. The molecule has 0 aliphatic carbocycles. The third-order valence-electron chi connectivity index (χ3n) is 7.32. The number of benzene rings is 4. The van der Waals surface area contributed by atoms with Gasteiger partial charge in [-0.05, 0) is 61.7 Å². The highest BCUT2D eigenvalue weighted by Crippen LogP contribution is 2.30. The highest BCUT2D eigenvalue weighted by Gasteiger charge is 2.34. The van der Waals surface area contributed by atoms with E-state index in [1.165, 1.54) is 24.1 Å². The first kappa shape index (κ1) is 31.8. The number of nitrogens with one attached hydrogen (secondary N) is 1. The summed E-state index contributed by atoms with van der Waals surface area (Å²) < 4.78 is 29.4. The Bertz CT molecular complexity index is 1680. The number of sulfonamides is 1. The van der Waals surface area contributed by atoms with Crippen LogP contribution >= 0.6 is 11.6 Å². The Kier molecular flexibility index (Phi) is 10.3. The number of anilines is 1. The average molecular weight is 618 g/mol. The molecular formula is C34H36ClN3O4S. The number of halogens is 1. The lowest BCUT2D eigenvalue weighted by Gasteiger charge is -2.34. The Labute approximate surface area is 259 Å². The molecule has 0 unspecified atom stereocenters. The second kappa shape index (κ2) is 13.9. The van der Waals surface area contributed by atoms with E-state index in [-0.39, 0.29) is 29.5 Å². The van der Waals surface area contributed by atoms with Gasteiger partial charge in [0.1, 0.15) is 12.6 Å². The van der Waals surface area contributed by atoms with E-state index in [2.05, 4.69) is 5.32 Å². The maximum atomic E-state index is 14.4. The Morgan fingerprint density at radius 1 is 0.814 bits per heavy atom. The van der Waals surface area contributed by atoms with Crippen molar-refractivity contribution < 1.29 is 18.0 Å². The predicted octanol–water partition coefficient (Wildman–Crippen LogP) is 5.85. The summed E-state index contributed by atoms with van der Waals surface area (Å²) in [5.74, 6) is -0.878. The molecule has 0 heterocycles. The highest BCUT2D eigenvalue weighted by molar-refractivity contribution is 7.92. The van der Waals surface area contributed by atoms with Crippen LogP contribution in [0.4, 0.5) is 5.69 Å². The largest absolute Gasteiger partial charge is 0.357 e. The lowest BCUT2D eigenvalue weighted by Crippen LogP contribution is -2.53. The fraction of sp³-hybridized carbons (Fsp3) is 0.235. The zero-order chi connectivity index (χ0) is 31.1. The van der Waals surface area contributed by atoms with Gasteiger partial charge in [-0.3, -0.25) is 13.9 Å². The number of carbonyl (C=O) groups is 2. The second-order valence-electron chi connectivity index (χ2n) is 10.6. The molecule has 7 nitrogen and oxygen atoms in total. The van der Waals surface area contributed by atoms with Crippen molar-refractivity contribution in [2.24, 2.45) is 0 Å². The molecule has 1 N–H and O–H groups in total. The number of aryl methyl sites for hydroxylation is 3. The van der Waals surface area contributed by atoms with Gasteiger partial charge in [-0.15, -0.1) is 0 Å². The maximum absolute atomic E-state index is 14.4. The Morgan fingerprint density at radius 3 is 2.02 bits per heavy atom. The van der Waals surface area contributed by atoms with E-state index in [1.54, 1.807) is 37.3 Å². The highest BCUT2D eigenvalue weighted by atomic mass is 35.5. The standard InChI is InChI=1S/C34H36ClN3O4S/c1-24-10-15-28(16-11-24)22-37(32(34(40)36-4)20-27-8-6-5-7-9-27)33(39)23-38(31-21-29(35)17-14-26(31)3)43(41,42)30-18-12-25(2)13-19-30/h5-19,21,32H,20,22-23H2,1-4H3,(H,36,40)/t32-/m1/s1. The Hall–Kier alpha value is -4.14. The molecule has 4 rings (SSSR count). The Morgan fingerprint density at radius 2 is 1.42 bits per heavy atom. The molecule has 1 atom stereocenters. The first-order chi connectivity index (χ1) is 20.5. The molecule has 4 aromatic carbocycles. The van der Waals surface area contributed by atoms with Gasteiger partial charge in [-0.2, -0.15) is 0 Å². The number of hydrogen-bond donors (Lipinski definition) is 1. The molecule has 224 valence electrons. The SMILES string of the molecule is CNC(=O)[C@@H](Cc1ccccc1)N(Cc1ccc(C)cc1)C(=O)CN(c1cc(Cl)ccc1C)S(=O)(=O)c1ccc(C)cc1. The third-order valence-corrected chi connectivity index (χ3v) is 9.33. The average Bonchev–Trinajstić information content (AvgIpc) is 3.00. The van der Waals surface area contributed by atoms with Gasteiger partial charge in [-0.25, -0.2) is 8.42 Å². The van der Waals surface area contributed by atoms with E-state index in [0.29, 0.717) is 10.6 Å². The fourth-order valence-corrected chi connectivity index (χ4v) is 6.45. The summed E-state index contributed by atoms with van der Waals surface area (Å²) in [6.45, 7) is 5.17. The quantitative estimate of drug-likeness (QED) is 0.229. The van der Waals surface area contributed by atoms with E-state index in [0.717, 1.165) is 26.6 Å². The predicted molar refractivity (Wildman–Crippen MR) is 172 cm³/mol. The van der Waals surface area contributed by atoms with E-state index in [9.17, 15) is 18.0 Å². The first-order valence-electron chi connectivity index (χ1n) is 14.0. The summed E-state index contributed by atoms with van der Waals surface area (Å²) in [5, 5.41) is 3.03. The normalized spacial score (nSPS) is 11.9. The molecule has 0 saturated heterocycles.